The Bertz CT molecular complexity index is 295. The third-order valence-corrected chi connectivity index (χ3v) is 2.22. The van der Waals surface area contributed by atoms with E-state index >= 15 is 0 Å². The zero-order valence-electron chi connectivity index (χ0n) is 11.0. The lowest BCUT2D eigenvalue weighted by molar-refractivity contribution is 0.316. The van der Waals surface area contributed by atoms with Crippen LogP contribution in [0.1, 0.15) is 41.0 Å². The molecule has 0 aliphatic rings. The van der Waals surface area contributed by atoms with Gasteiger partial charge in [0.2, 0.25) is 10.0 Å². The molecule has 0 aliphatic heterocycles. The van der Waals surface area contributed by atoms with Crippen LogP contribution < -0.4 is 4.72 Å². The fourth-order valence-electron chi connectivity index (χ4n) is 1.06. The van der Waals surface area contributed by atoms with Crippen LogP contribution >= 0.6 is 0 Å². The summed E-state index contributed by atoms with van der Waals surface area (Å²) in [6.45, 7) is 9.56. The molecule has 0 aromatic heterocycles. The molecule has 0 atom stereocenters. The van der Waals surface area contributed by atoms with Gasteiger partial charge in [-0.05, 0) is 33.1 Å². The average Bonchev–Trinajstić information content (AvgIpc) is 1.98. The highest BCUT2D eigenvalue weighted by atomic mass is 32.2. The van der Waals surface area contributed by atoms with Gasteiger partial charge >= 0.3 is 0 Å². The van der Waals surface area contributed by atoms with Gasteiger partial charge in [-0.15, -0.1) is 0 Å². The molecule has 16 heavy (non-hydrogen) atoms. The Labute approximate surface area is 99.0 Å². The van der Waals surface area contributed by atoms with Crippen molar-refractivity contribution in [3.8, 4) is 0 Å². The number of nitrogens with zero attached hydrogens (tertiary/aromatic N) is 1. The molecule has 0 fully saturated rings. The van der Waals surface area contributed by atoms with Crippen molar-refractivity contribution in [2.75, 3.05) is 6.26 Å². The van der Waals surface area contributed by atoms with Crippen LogP contribution in [0, 0.1) is 5.92 Å². The molecule has 0 unspecified atom stereocenters. The van der Waals surface area contributed by atoms with Crippen molar-refractivity contribution < 1.29 is 13.6 Å². The van der Waals surface area contributed by atoms with Crippen molar-refractivity contribution in [1.29, 1.82) is 0 Å². The molecule has 0 aromatic carbocycles. The molecule has 0 rings (SSSR count). The average molecular weight is 252 g/mol. The van der Waals surface area contributed by atoms with Gasteiger partial charge in [0.05, 0.1) is 12.0 Å². The molecule has 0 amide bonds. The Morgan fingerprint density at radius 3 is 1.81 bits per heavy atom. The second kappa shape index (κ2) is 8.52. The first-order chi connectivity index (χ1) is 7.08. The van der Waals surface area contributed by atoms with Gasteiger partial charge in [0.1, 0.15) is 0 Å². The predicted molar refractivity (Wildman–Crippen MR) is 67.5 cm³/mol. The topological polar surface area (TPSA) is 78.8 Å². The molecule has 2 N–H and O–H groups in total. The molecule has 6 heteroatoms. The number of nitrogens with one attached hydrogen (secondary N) is 1. The van der Waals surface area contributed by atoms with Gasteiger partial charge in [-0.2, -0.15) is 0 Å². The first-order valence-corrected chi connectivity index (χ1v) is 7.12. The van der Waals surface area contributed by atoms with Crippen LogP contribution in [0.2, 0.25) is 0 Å². The van der Waals surface area contributed by atoms with Gasteiger partial charge in [0, 0.05) is 6.04 Å². The zero-order chi connectivity index (χ0) is 13.4. The second-order valence-corrected chi connectivity index (χ2v) is 6.26. The summed E-state index contributed by atoms with van der Waals surface area (Å²) < 4.78 is 23.0. The summed E-state index contributed by atoms with van der Waals surface area (Å²) in [4.78, 5) is 0. The Morgan fingerprint density at radius 1 is 1.31 bits per heavy atom. The fraction of sp³-hybridized carbons (Fsp3) is 0.900. The minimum atomic E-state index is -2.97. The minimum absolute atomic E-state index is 0.00463. The van der Waals surface area contributed by atoms with Crippen LogP contribution in [0.5, 0.6) is 0 Å². The lowest BCUT2D eigenvalue weighted by Crippen LogP contribution is -2.28. The molecule has 0 aromatic rings. The molecule has 0 radical (unpaired) electrons. The van der Waals surface area contributed by atoms with E-state index in [9.17, 15) is 8.42 Å². The van der Waals surface area contributed by atoms with Gasteiger partial charge in [0.15, 0.2) is 0 Å². The van der Waals surface area contributed by atoms with E-state index in [2.05, 4.69) is 23.7 Å². The summed E-state index contributed by atoms with van der Waals surface area (Å²) in [6.07, 6.45) is 2.03. The maximum Gasteiger partial charge on any atom is 0.208 e. The predicted octanol–water partition coefficient (Wildman–Crippen LogP) is 1.83. The van der Waals surface area contributed by atoms with E-state index in [-0.39, 0.29) is 6.04 Å². The van der Waals surface area contributed by atoms with E-state index in [0.29, 0.717) is 5.92 Å². The number of hydrogen-bond donors (Lipinski definition) is 2. The Morgan fingerprint density at radius 2 is 1.75 bits per heavy atom. The number of sulfonamides is 1. The first-order valence-electron chi connectivity index (χ1n) is 5.23. The monoisotopic (exact) mass is 252 g/mol. The lowest BCUT2D eigenvalue weighted by atomic mass is 10.1. The van der Waals surface area contributed by atoms with Crippen molar-refractivity contribution in [3.05, 3.63) is 0 Å². The van der Waals surface area contributed by atoms with Crippen LogP contribution in [0.4, 0.5) is 0 Å². The van der Waals surface area contributed by atoms with Crippen molar-refractivity contribution in [2.24, 2.45) is 11.1 Å². The van der Waals surface area contributed by atoms with Gasteiger partial charge in [-0.1, -0.05) is 19.0 Å². The summed E-state index contributed by atoms with van der Waals surface area (Å²) in [5.41, 5.74) is 0.806. The van der Waals surface area contributed by atoms with Crippen molar-refractivity contribution in [1.82, 2.24) is 4.72 Å². The van der Waals surface area contributed by atoms with E-state index in [1.807, 2.05) is 6.92 Å². The van der Waals surface area contributed by atoms with Crippen molar-refractivity contribution >= 4 is 15.7 Å². The highest BCUT2D eigenvalue weighted by Gasteiger charge is 2.00. The summed E-state index contributed by atoms with van der Waals surface area (Å²) >= 11 is 0. The van der Waals surface area contributed by atoms with E-state index in [1.54, 1.807) is 13.8 Å². The Hall–Kier alpha value is -0.620. The maximum atomic E-state index is 10.3. The molecular formula is C10H24N2O3S. The van der Waals surface area contributed by atoms with Crippen molar-refractivity contribution in [2.45, 2.75) is 47.1 Å². The summed E-state index contributed by atoms with van der Waals surface area (Å²) in [6, 6.07) is 0.00463. The normalized spacial score (nSPS) is 12.6. The van der Waals surface area contributed by atoms with E-state index in [1.165, 1.54) is 0 Å². The third kappa shape index (κ3) is 19.0. The first kappa shape index (κ1) is 17.8. The molecular weight excluding hydrogens is 228 g/mol. The standard InChI is InChI=1S/C6H13NO.C4H11NO2S/c1-5(2)4-6(3)7-8;1-4(2)5-8(3,6)7/h5,8H,4H2,1-3H3;4-5H,1-3H3/b7-6+;. The van der Waals surface area contributed by atoms with E-state index in [4.69, 9.17) is 5.21 Å². The van der Waals surface area contributed by atoms with Crippen molar-refractivity contribution in [3.63, 3.8) is 0 Å². The molecule has 0 heterocycles. The molecule has 98 valence electrons. The van der Waals surface area contributed by atoms with Crippen LogP contribution in [-0.4, -0.2) is 31.6 Å². The lowest BCUT2D eigenvalue weighted by Gasteiger charge is -2.02. The highest BCUT2D eigenvalue weighted by Crippen LogP contribution is 1.99. The SMILES string of the molecule is C/C(CC(C)C)=N\O.CC(C)NS(C)(=O)=O. The summed E-state index contributed by atoms with van der Waals surface area (Å²) in [5, 5.41) is 11.2. The van der Waals surface area contributed by atoms with Crippen LogP contribution in [-0.2, 0) is 10.0 Å². The van der Waals surface area contributed by atoms with Crippen LogP contribution in [0.15, 0.2) is 5.16 Å². The number of rotatable bonds is 4. The molecule has 0 saturated carbocycles. The Balaban J connectivity index is 0. The molecule has 0 bridgehead atoms. The largest absolute Gasteiger partial charge is 0.411 e. The van der Waals surface area contributed by atoms with Gasteiger partial charge in [0.25, 0.3) is 0 Å². The summed E-state index contributed by atoms with van der Waals surface area (Å²) in [7, 11) is -2.97. The van der Waals surface area contributed by atoms with Gasteiger partial charge in [-0.3, -0.25) is 0 Å². The van der Waals surface area contributed by atoms with Crippen LogP contribution in [0.3, 0.4) is 0 Å². The third-order valence-electron chi connectivity index (χ3n) is 1.32. The second-order valence-electron chi connectivity index (χ2n) is 4.48. The molecule has 0 spiro atoms. The number of hydrogen-bond acceptors (Lipinski definition) is 4. The van der Waals surface area contributed by atoms with E-state index < -0.39 is 10.0 Å². The smallest absolute Gasteiger partial charge is 0.208 e. The minimum Gasteiger partial charge on any atom is -0.411 e. The fourth-order valence-corrected chi connectivity index (χ4v) is 1.92. The van der Waals surface area contributed by atoms with Crippen LogP contribution in [0.25, 0.3) is 0 Å². The quantitative estimate of drug-likeness (QED) is 0.455. The summed E-state index contributed by atoms with van der Waals surface area (Å²) in [5.74, 6) is 0.589. The highest BCUT2D eigenvalue weighted by molar-refractivity contribution is 7.88. The molecule has 0 aliphatic carbocycles. The molecule has 5 nitrogen and oxygen atoms in total. The van der Waals surface area contributed by atoms with Gasteiger partial charge < -0.3 is 5.21 Å². The molecule has 0 saturated heterocycles. The van der Waals surface area contributed by atoms with E-state index in [0.717, 1.165) is 18.4 Å². The number of oxime groups is 1. The maximum absolute atomic E-state index is 10.3. The zero-order valence-corrected chi connectivity index (χ0v) is 11.8. The Kier molecular flexibility index (Phi) is 9.46. The van der Waals surface area contributed by atoms with Gasteiger partial charge in [-0.25, -0.2) is 13.1 Å².